The molecule has 2 aliphatic rings. The van der Waals surface area contributed by atoms with Gasteiger partial charge in [-0.1, -0.05) is 19.1 Å². The van der Waals surface area contributed by atoms with E-state index in [1.54, 1.807) is 0 Å². The standard InChI is InChI=1S/C18H23BrN2O/c1-2-6-21-9-11(10-22)7-13-12-4-3-5-15-17(12)14(8-16(13)21)18(19)20-15/h3-5,11,13,16,20,22H,2,6-10H2,1H3/t11-,13?,16+/m0/s1. The van der Waals surface area contributed by atoms with Crippen molar-refractivity contribution < 1.29 is 5.11 Å². The lowest BCUT2D eigenvalue weighted by atomic mass is 9.72. The summed E-state index contributed by atoms with van der Waals surface area (Å²) in [4.78, 5) is 6.11. The number of aromatic nitrogens is 1. The molecule has 1 unspecified atom stereocenters. The number of rotatable bonds is 3. The molecule has 2 N–H and O–H groups in total. The van der Waals surface area contributed by atoms with Gasteiger partial charge < -0.3 is 10.1 Å². The molecule has 22 heavy (non-hydrogen) atoms. The molecule has 0 radical (unpaired) electrons. The lowest BCUT2D eigenvalue weighted by Gasteiger charge is -2.47. The maximum Gasteiger partial charge on any atom is 0.0864 e. The van der Waals surface area contributed by atoms with Crippen LogP contribution in [-0.2, 0) is 6.42 Å². The molecule has 3 nitrogen and oxygen atoms in total. The fourth-order valence-corrected chi connectivity index (χ4v) is 5.19. The molecule has 4 heteroatoms. The fraction of sp³-hybridized carbons (Fsp3) is 0.556. The van der Waals surface area contributed by atoms with Gasteiger partial charge in [0.05, 0.1) is 4.60 Å². The van der Waals surface area contributed by atoms with E-state index in [9.17, 15) is 5.11 Å². The van der Waals surface area contributed by atoms with Crippen LogP contribution < -0.4 is 0 Å². The average molecular weight is 363 g/mol. The first-order valence-corrected chi connectivity index (χ1v) is 9.16. The molecule has 0 amide bonds. The van der Waals surface area contributed by atoms with Crippen molar-refractivity contribution in [3.63, 3.8) is 0 Å². The number of hydrogen-bond acceptors (Lipinski definition) is 2. The van der Waals surface area contributed by atoms with Crippen LogP contribution in [0.5, 0.6) is 0 Å². The topological polar surface area (TPSA) is 39.3 Å². The number of likely N-dealkylation sites (tertiary alicyclic amines) is 1. The number of aliphatic hydroxyl groups excluding tert-OH is 1. The molecule has 2 aromatic rings. The Balaban J connectivity index is 1.83. The number of benzene rings is 1. The number of fused-ring (bicyclic) bond motifs is 2. The Kier molecular flexibility index (Phi) is 3.79. The van der Waals surface area contributed by atoms with Gasteiger partial charge in [-0.3, -0.25) is 4.90 Å². The predicted octanol–water partition coefficient (Wildman–Crippen LogP) is 3.66. The van der Waals surface area contributed by atoms with E-state index >= 15 is 0 Å². The van der Waals surface area contributed by atoms with Crippen LogP contribution in [0.2, 0.25) is 0 Å². The minimum Gasteiger partial charge on any atom is -0.396 e. The molecule has 1 aliphatic carbocycles. The third-order valence-electron chi connectivity index (χ3n) is 5.50. The number of aliphatic hydroxyl groups is 1. The van der Waals surface area contributed by atoms with Crippen LogP contribution in [-0.4, -0.2) is 40.7 Å². The number of nitrogens with zero attached hydrogens (tertiary/aromatic N) is 1. The van der Waals surface area contributed by atoms with E-state index in [1.807, 2.05) is 0 Å². The highest BCUT2D eigenvalue weighted by Gasteiger charge is 2.40. The average Bonchev–Trinajstić information content (AvgIpc) is 2.85. The second-order valence-electron chi connectivity index (χ2n) is 6.84. The summed E-state index contributed by atoms with van der Waals surface area (Å²) in [7, 11) is 0. The number of aromatic amines is 1. The summed E-state index contributed by atoms with van der Waals surface area (Å²) in [6, 6.07) is 7.21. The van der Waals surface area contributed by atoms with Gasteiger partial charge in [0.15, 0.2) is 0 Å². The zero-order valence-electron chi connectivity index (χ0n) is 13.0. The Hall–Kier alpha value is -0.840. The first-order chi connectivity index (χ1) is 10.7. The van der Waals surface area contributed by atoms with Crippen molar-refractivity contribution in [3.05, 3.63) is 33.9 Å². The third kappa shape index (κ3) is 2.15. The molecule has 1 fully saturated rings. The smallest absolute Gasteiger partial charge is 0.0864 e. The van der Waals surface area contributed by atoms with E-state index in [4.69, 9.17) is 0 Å². The zero-order chi connectivity index (χ0) is 15.3. The van der Waals surface area contributed by atoms with Gasteiger partial charge in [0.2, 0.25) is 0 Å². The van der Waals surface area contributed by atoms with Gasteiger partial charge in [-0.25, -0.2) is 0 Å². The SMILES string of the molecule is CCCN1C[C@@H](CO)CC2c3cccc4[nH]c(Br)c(c34)C[C@H]21. The van der Waals surface area contributed by atoms with Crippen LogP contribution in [0.3, 0.4) is 0 Å². The summed E-state index contributed by atoms with van der Waals surface area (Å²) in [6.45, 7) is 4.73. The zero-order valence-corrected chi connectivity index (χ0v) is 14.6. The largest absolute Gasteiger partial charge is 0.396 e. The molecule has 1 aliphatic heterocycles. The van der Waals surface area contributed by atoms with Crippen LogP contribution >= 0.6 is 15.9 Å². The van der Waals surface area contributed by atoms with Gasteiger partial charge in [0, 0.05) is 36.0 Å². The summed E-state index contributed by atoms with van der Waals surface area (Å²) in [5, 5.41) is 11.1. The first-order valence-electron chi connectivity index (χ1n) is 8.36. The molecule has 0 saturated carbocycles. The highest BCUT2D eigenvalue weighted by atomic mass is 79.9. The van der Waals surface area contributed by atoms with Crippen molar-refractivity contribution in [2.24, 2.45) is 5.92 Å². The molecule has 1 aromatic heterocycles. The molecule has 4 rings (SSSR count). The molecule has 1 saturated heterocycles. The van der Waals surface area contributed by atoms with E-state index in [0.29, 0.717) is 24.5 Å². The summed E-state index contributed by atoms with van der Waals surface area (Å²) in [5.41, 5.74) is 4.16. The number of hydrogen-bond donors (Lipinski definition) is 2. The van der Waals surface area contributed by atoms with E-state index in [2.05, 4.69) is 50.9 Å². The molecular weight excluding hydrogens is 340 g/mol. The summed E-state index contributed by atoms with van der Waals surface area (Å²) in [6.07, 6.45) is 3.40. The number of H-pyrrole nitrogens is 1. The Morgan fingerprint density at radius 2 is 2.27 bits per heavy atom. The summed E-state index contributed by atoms with van der Waals surface area (Å²) < 4.78 is 1.15. The summed E-state index contributed by atoms with van der Waals surface area (Å²) >= 11 is 3.72. The number of halogens is 1. The Morgan fingerprint density at radius 1 is 1.41 bits per heavy atom. The van der Waals surface area contributed by atoms with Crippen molar-refractivity contribution in [3.8, 4) is 0 Å². The molecule has 118 valence electrons. The number of nitrogens with one attached hydrogen (secondary N) is 1. The number of piperidine rings is 1. The van der Waals surface area contributed by atoms with Crippen molar-refractivity contribution in [1.82, 2.24) is 9.88 Å². The lowest BCUT2D eigenvalue weighted by Crippen LogP contribution is -2.50. The van der Waals surface area contributed by atoms with Crippen molar-refractivity contribution >= 4 is 26.8 Å². The Morgan fingerprint density at radius 3 is 3.05 bits per heavy atom. The van der Waals surface area contributed by atoms with E-state index in [0.717, 1.165) is 30.5 Å². The van der Waals surface area contributed by atoms with Gasteiger partial charge in [0.1, 0.15) is 0 Å². The molecule has 3 atom stereocenters. The van der Waals surface area contributed by atoms with Gasteiger partial charge in [-0.15, -0.1) is 0 Å². The maximum absolute atomic E-state index is 9.72. The second-order valence-corrected chi connectivity index (χ2v) is 7.64. The summed E-state index contributed by atoms with van der Waals surface area (Å²) in [5.74, 6) is 0.961. The lowest BCUT2D eigenvalue weighted by molar-refractivity contribution is 0.0571. The highest BCUT2D eigenvalue weighted by molar-refractivity contribution is 9.10. The van der Waals surface area contributed by atoms with Crippen LogP contribution in [0, 0.1) is 5.92 Å². The van der Waals surface area contributed by atoms with Gasteiger partial charge >= 0.3 is 0 Å². The minimum absolute atomic E-state index is 0.309. The van der Waals surface area contributed by atoms with Crippen LogP contribution in [0.25, 0.3) is 10.9 Å². The van der Waals surface area contributed by atoms with Crippen LogP contribution in [0.15, 0.2) is 22.8 Å². The van der Waals surface area contributed by atoms with E-state index in [1.165, 1.54) is 28.5 Å². The van der Waals surface area contributed by atoms with Crippen molar-refractivity contribution in [2.75, 3.05) is 19.7 Å². The van der Waals surface area contributed by atoms with E-state index in [-0.39, 0.29) is 0 Å². The Labute approximate surface area is 139 Å². The molecule has 2 heterocycles. The van der Waals surface area contributed by atoms with Crippen LogP contribution in [0.1, 0.15) is 36.8 Å². The molecule has 0 spiro atoms. The van der Waals surface area contributed by atoms with Crippen LogP contribution in [0.4, 0.5) is 0 Å². The molecule has 1 aromatic carbocycles. The highest BCUT2D eigenvalue weighted by Crippen LogP contribution is 2.46. The quantitative estimate of drug-likeness (QED) is 0.874. The second kappa shape index (κ2) is 5.66. The first kappa shape index (κ1) is 14.7. The van der Waals surface area contributed by atoms with Gasteiger partial charge in [0.25, 0.3) is 0 Å². The third-order valence-corrected chi connectivity index (χ3v) is 6.18. The minimum atomic E-state index is 0.309. The molecular formula is C18H23BrN2O. The van der Waals surface area contributed by atoms with E-state index < -0.39 is 0 Å². The molecule has 0 bridgehead atoms. The van der Waals surface area contributed by atoms with Crippen molar-refractivity contribution in [2.45, 2.75) is 38.1 Å². The maximum atomic E-state index is 9.72. The Bertz CT molecular complexity index is 696. The van der Waals surface area contributed by atoms with Gasteiger partial charge in [-0.05, 0) is 64.8 Å². The monoisotopic (exact) mass is 362 g/mol. The predicted molar refractivity (Wildman–Crippen MR) is 93.3 cm³/mol. The fourth-order valence-electron chi connectivity index (χ4n) is 4.62. The van der Waals surface area contributed by atoms with Crippen molar-refractivity contribution in [1.29, 1.82) is 0 Å². The normalized spacial score (nSPS) is 28.0. The van der Waals surface area contributed by atoms with Gasteiger partial charge in [-0.2, -0.15) is 0 Å².